The zero-order chi connectivity index (χ0) is 19.8. The first-order valence-corrected chi connectivity index (χ1v) is 9.53. The molecule has 0 fully saturated rings. The van der Waals surface area contributed by atoms with Gasteiger partial charge in [-0.2, -0.15) is 0 Å². The molecule has 140 valence electrons. The van der Waals surface area contributed by atoms with Crippen molar-refractivity contribution in [3.63, 3.8) is 0 Å². The van der Waals surface area contributed by atoms with E-state index in [4.69, 9.17) is 9.88 Å². The zero-order valence-corrected chi connectivity index (χ0v) is 15.5. The number of methoxy groups -OCH3 is 1. The van der Waals surface area contributed by atoms with E-state index >= 15 is 0 Å². The molecule has 0 radical (unpaired) electrons. The molecule has 0 amide bonds. The van der Waals surface area contributed by atoms with Gasteiger partial charge in [-0.3, -0.25) is 0 Å². The number of halogens is 2. The molecule has 0 unspecified atom stereocenters. The molecule has 3 aromatic rings. The van der Waals surface area contributed by atoms with Gasteiger partial charge in [0.1, 0.15) is 5.75 Å². The molecule has 3 aromatic carbocycles. The van der Waals surface area contributed by atoms with E-state index in [2.05, 4.69) is 0 Å². The lowest BCUT2D eigenvalue weighted by Gasteiger charge is -2.15. The average Bonchev–Trinajstić information content (AvgIpc) is 2.63. The summed E-state index contributed by atoms with van der Waals surface area (Å²) in [6, 6.07) is 13.1. The fourth-order valence-electron chi connectivity index (χ4n) is 2.99. The molecule has 0 aromatic heterocycles. The highest BCUT2D eigenvalue weighted by Gasteiger charge is 2.20. The van der Waals surface area contributed by atoms with Gasteiger partial charge in [0.2, 0.25) is 10.0 Å². The van der Waals surface area contributed by atoms with Gasteiger partial charge in [0, 0.05) is 5.56 Å². The number of rotatable bonds is 4. The maximum atomic E-state index is 14.0. The molecule has 7 heteroatoms. The molecule has 4 nitrogen and oxygen atoms in total. The smallest absolute Gasteiger partial charge is 0.238 e. The summed E-state index contributed by atoms with van der Waals surface area (Å²) in [4.78, 5) is -0.164. The van der Waals surface area contributed by atoms with Crippen LogP contribution in [-0.2, 0) is 10.0 Å². The molecule has 0 aliphatic carbocycles. The van der Waals surface area contributed by atoms with E-state index in [-0.39, 0.29) is 16.0 Å². The Labute approximate surface area is 156 Å². The lowest BCUT2D eigenvalue weighted by molar-refractivity contribution is 0.412. The van der Waals surface area contributed by atoms with E-state index in [1.54, 1.807) is 24.3 Å². The number of benzene rings is 3. The molecule has 0 saturated carbocycles. The number of sulfonamides is 1. The average molecular weight is 389 g/mol. The quantitative estimate of drug-likeness (QED) is 0.725. The van der Waals surface area contributed by atoms with Crippen molar-refractivity contribution in [2.75, 3.05) is 7.11 Å². The van der Waals surface area contributed by atoms with Crippen LogP contribution in [0.5, 0.6) is 5.75 Å². The van der Waals surface area contributed by atoms with Gasteiger partial charge < -0.3 is 4.74 Å². The summed E-state index contributed by atoms with van der Waals surface area (Å²) in [5.74, 6) is -1.47. The monoisotopic (exact) mass is 389 g/mol. The summed E-state index contributed by atoms with van der Waals surface area (Å²) in [5, 5.41) is 5.30. The van der Waals surface area contributed by atoms with Crippen molar-refractivity contribution in [3.8, 4) is 28.0 Å². The van der Waals surface area contributed by atoms with Gasteiger partial charge in [-0.25, -0.2) is 22.3 Å². The third-order valence-electron chi connectivity index (χ3n) is 4.25. The molecule has 27 heavy (non-hydrogen) atoms. The highest BCUT2D eigenvalue weighted by atomic mass is 32.2. The van der Waals surface area contributed by atoms with Crippen molar-refractivity contribution in [3.05, 3.63) is 71.8 Å². The first-order valence-electron chi connectivity index (χ1n) is 7.98. The van der Waals surface area contributed by atoms with Crippen molar-refractivity contribution < 1.29 is 21.9 Å². The first-order chi connectivity index (χ1) is 12.7. The van der Waals surface area contributed by atoms with E-state index in [1.165, 1.54) is 25.3 Å². The minimum atomic E-state index is -4.06. The number of aryl methyl sites for hydroxylation is 1. The van der Waals surface area contributed by atoms with Crippen LogP contribution < -0.4 is 9.88 Å². The normalized spacial score (nSPS) is 11.4. The molecule has 0 bridgehead atoms. The number of hydrogen-bond donors (Lipinski definition) is 1. The fourth-order valence-corrected chi connectivity index (χ4v) is 3.74. The molecule has 0 aliphatic heterocycles. The van der Waals surface area contributed by atoms with E-state index < -0.39 is 21.7 Å². The van der Waals surface area contributed by atoms with Gasteiger partial charge in [0.25, 0.3) is 0 Å². The van der Waals surface area contributed by atoms with Crippen molar-refractivity contribution in [1.29, 1.82) is 0 Å². The Balaban J connectivity index is 2.33. The minimum absolute atomic E-state index is 0.164. The van der Waals surface area contributed by atoms with Gasteiger partial charge in [-0.15, -0.1) is 0 Å². The molecule has 0 atom stereocenters. The van der Waals surface area contributed by atoms with Gasteiger partial charge >= 0.3 is 0 Å². The lowest BCUT2D eigenvalue weighted by Crippen LogP contribution is -2.13. The predicted octanol–water partition coefficient (Wildman–Crippen LogP) is 4.26. The summed E-state index contributed by atoms with van der Waals surface area (Å²) in [6.45, 7) is 1.82. The summed E-state index contributed by atoms with van der Waals surface area (Å²) >= 11 is 0. The van der Waals surface area contributed by atoms with E-state index in [0.717, 1.165) is 17.7 Å². The second kappa shape index (κ2) is 7.09. The van der Waals surface area contributed by atoms with Crippen molar-refractivity contribution in [1.82, 2.24) is 0 Å². The van der Waals surface area contributed by atoms with Crippen molar-refractivity contribution in [2.45, 2.75) is 11.8 Å². The van der Waals surface area contributed by atoms with Crippen molar-refractivity contribution >= 4 is 10.0 Å². The highest BCUT2D eigenvalue weighted by Crippen LogP contribution is 2.38. The topological polar surface area (TPSA) is 69.4 Å². The predicted molar refractivity (Wildman–Crippen MR) is 99.9 cm³/mol. The second-order valence-electron chi connectivity index (χ2n) is 6.04. The van der Waals surface area contributed by atoms with Crippen LogP contribution in [0.4, 0.5) is 8.78 Å². The van der Waals surface area contributed by atoms with Gasteiger partial charge in [-0.05, 0) is 59.5 Å². The Hall–Kier alpha value is -2.77. The maximum Gasteiger partial charge on any atom is 0.238 e. The molecule has 0 saturated heterocycles. The fraction of sp³-hybridized carbons (Fsp3) is 0.100. The standard InChI is InChI=1S/C20H17F2NO3S/c1-12-9-13(7-8-19(12)26-2)15-10-17(21)18(22)11-16(15)14-5-3-4-6-20(14)27(23,24)25/h3-11H,1-2H3,(H2,23,24,25). The van der Waals surface area contributed by atoms with Crippen LogP contribution in [0.2, 0.25) is 0 Å². The lowest BCUT2D eigenvalue weighted by atomic mass is 9.93. The summed E-state index contributed by atoms with van der Waals surface area (Å²) in [5.41, 5.74) is 2.15. The molecular weight excluding hydrogens is 372 g/mol. The van der Waals surface area contributed by atoms with Crippen LogP contribution in [0.25, 0.3) is 22.3 Å². The number of hydrogen-bond acceptors (Lipinski definition) is 3. The van der Waals surface area contributed by atoms with Crippen LogP contribution in [0.3, 0.4) is 0 Å². The Kier molecular flexibility index (Phi) is 4.99. The highest BCUT2D eigenvalue weighted by molar-refractivity contribution is 7.89. The van der Waals surface area contributed by atoms with Crippen LogP contribution in [0, 0.1) is 18.6 Å². The first kappa shape index (κ1) is 19.0. The van der Waals surface area contributed by atoms with Gasteiger partial charge in [0.15, 0.2) is 11.6 Å². The molecule has 0 spiro atoms. The summed E-state index contributed by atoms with van der Waals surface area (Å²) < 4.78 is 57.2. The number of nitrogens with two attached hydrogens (primary N) is 1. The van der Waals surface area contributed by atoms with Crippen LogP contribution in [-0.4, -0.2) is 15.5 Å². The number of ether oxygens (including phenoxy) is 1. The third kappa shape index (κ3) is 3.70. The molecule has 0 heterocycles. The van der Waals surface area contributed by atoms with Gasteiger partial charge in [-0.1, -0.05) is 24.3 Å². The van der Waals surface area contributed by atoms with Crippen LogP contribution in [0.1, 0.15) is 5.56 Å². The Morgan fingerprint density at radius 1 is 0.889 bits per heavy atom. The minimum Gasteiger partial charge on any atom is -0.496 e. The van der Waals surface area contributed by atoms with E-state index in [9.17, 15) is 17.2 Å². The molecule has 2 N–H and O–H groups in total. The SMILES string of the molecule is COc1ccc(-c2cc(F)c(F)cc2-c2ccccc2S(N)(=O)=O)cc1C. The van der Waals surface area contributed by atoms with Crippen LogP contribution >= 0.6 is 0 Å². The maximum absolute atomic E-state index is 14.0. The Morgan fingerprint density at radius 2 is 1.52 bits per heavy atom. The molecular formula is C20H17F2NO3S. The molecule has 3 rings (SSSR count). The summed E-state index contributed by atoms with van der Waals surface area (Å²) in [7, 11) is -2.52. The van der Waals surface area contributed by atoms with Crippen molar-refractivity contribution in [2.24, 2.45) is 5.14 Å². The van der Waals surface area contributed by atoms with E-state index in [1.807, 2.05) is 6.92 Å². The summed E-state index contributed by atoms with van der Waals surface area (Å²) in [6.07, 6.45) is 0. The van der Waals surface area contributed by atoms with Crippen LogP contribution in [0.15, 0.2) is 59.5 Å². The van der Waals surface area contributed by atoms with Gasteiger partial charge in [0.05, 0.1) is 12.0 Å². The largest absolute Gasteiger partial charge is 0.496 e. The third-order valence-corrected chi connectivity index (χ3v) is 5.22. The second-order valence-corrected chi connectivity index (χ2v) is 7.57. The van der Waals surface area contributed by atoms with E-state index in [0.29, 0.717) is 16.9 Å². The molecule has 0 aliphatic rings. The Bertz CT molecular complexity index is 1130. The number of primary sulfonamides is 1. The Morgan fingerprint density at radius 3 is 2.11 bits per heavy atom. The zero-order valence-electron chi connectivity index (χ0n) is 14.7.